The van der Waals surface area contributed by atoms with E-state index in [4.69, 9.17) is 14.2 Å². The van der Waals surface area contributed by atoms with Gasteiger partial charge < -0.3 is 18.8 Å². The quantitative estimate of drug-likeness (QED) is 0.176. The lowest BCUT2D eigenvalue weighted by molar-refractivity contribution is 0.0724. The van der Waals surface area contributed by atoms with Gasteiger partial charge in [-0.15, -0.1) is 13.2 Å². The zero-order valence-electron chi connectivity index (χ0n) is 21.9. The van der Waals surface area contributed by atoms with Crippen LogP contribution in [0.25, 0.3) is 23.3 Å². The Morgan fingerprint density at radius 2 is 1.56 bits per heavy atom. The smallest absolute Gasteiger partial charge is 0.343 e. The number of aryl methyl sites for hydroxylation is 1. The number of rotatable bonds is 10. The van der Waals surface area contributed by atoms with Crippen LogP contribution in [-0.4, -0.2) is 38.9 Å². The van der Waals surface area contributed by atoms with Gasteiger partial charge in [0.15, 0.2) is 22.7 Å². The molecule has 0 spiro atoms. The monoisotopic (exact) mass is 528 g/mol. The molecular formula is C29H28N4O6. The number of fused-ring (bicyclic) bond motifs is 1. The average Bonchev–Trinajstić information content (AvgIpc) is 3.28. The summed E-state index contributed by atoms with van der Waals surface area (Å²) >= 11 is 0. The van der Waals surface area contributed by atoms with Gasteiger partial charge in [0, 0.05) is 20.1 Å². The minimum Gasteiger partial charge on any atom is -0.493 e. The van der Waals surface area contributed by atoms with Gasteiger partial charge in [0.25, 0.3) is 5.56 Å². The average molecular weight is 529 g/mol. The predicted octanol–water partition coefficient (Wildman–Crippen LogP) is 3.68. The highest BCUT2D eigenvalue weighted by atomic mass is 16.6. The van der Waals surface area contributed by atoms with Gasteiger partial charge in [-0.25, -0.2) is 14.6 Å². The van der Waals surface area contributed by atoms with Gasteiger partial charge in [-0.2, -0.15) is 0 Å². The lowest BCUT2D eigenvalue weighted by Gasteiger charge is -2.14. The molecule has 39 heavy (non-hydrogen) atoms. The van der Waals surface area contributed by atoms with Gasteiger partial charge in [-0.3, -0.25) is 13.9 Å². The number of aromatic nitrogens is 4. The second-order valence-corrected chi connectivity index (χ2v) is 8.43. The molecule has 0 aliphatic heterocycles. The number of allylic oxidation sites excluding steroid dienone is 2. The predicted molar refractivity (Wildman–Crippen MR) is 150 cm³/mol. The van der Waals surface area contributed by atoms with Crippen LogP contribution in [0.1, 0.15) is 21.7 Å². The molecule has 2 aromatic heterocycles. The molecule has 0 N–H and O–H groups in total. The molecule has 200 valence electrons. The van der Waals surface area contributed by atoms with E-state index in [1.54, 1.807) is 72.3 Å². The van der Waals surface area contributed by atoms with Crippen molar-refractivity contribution in [3.05, 3.63) is 106 Å². The molecule has 2 heterocycles. The van der Waals surface area contributed by atoms with E-state index < -0.39 is 17.2 Å². The fourth-order valence-electron chi connectivity index (χ4n) is 4.11. The SMILES string of the molecule is C=CCn1c(=O)c2c(nc(C=Cc3cc(OC)c(OC(=O)c4ccccc4)c(OC)c3)n2C)n(CC=C)c1=O. The molecule has 0 aliphatic rings. The first-order chi connectivity index (χ1) is 18.8. The normalized spacial score (nSPS) is 11.1. The van der Waals surface area contributed by atoms with Crippen molar-refractivity contribution in [3.8, 4) is 17.2 Å². The van der Waals surface area contributed by atoms with Crippen LogP contribution in [0.15, 0.2) is 77.4 Å². The summed E-state index contributed by atoms with van der Waals surface area (Å²) in [6, 6.07) is 11.9. The minimum absolute atomic E-state index is 0.0713. The van der Waals surface area contributed by atoms with Crippen molar-refractivity contribution in [2.45, 2.75) is 13.1 Å². The van der Waals surface area contributed by atoms with Crippen LogP contribution in [0, 0.1) is 0 Å². The number of imidazole rings is 1. The van der Waals surface area contributed by atoms with Crippen LogP contribution in [0.4, 0.5) is 0 Å². The minimum atomic E-state index is -0.553. The Balaban J connectivity index is 1.76. The molecule has 0 unspecified atom stereocenters. The molecule has 0 bridgehead atoms. The van der Waals surface area contributed by atoms with Crippen molar-refractivity contribution in [2.75, 3.05) is 14.2 Å². The summed E-state index contributed by atoms with van der Waals surface area (Å²) < 4.78 is 20.7. The molecule has 10 nitrogen and oxygen atoms in total. The third-order valence-electron chi connectivity index (χ3n) is 6.01. The van der Waals surface area contributed by atoms with E-state index in [-0.39, 0.29) is 41.5 Å². The second-order valence-electron chi connectivity index (χ2n) is 8.43. The maximum atomic E-state index is 13.1. The van der Waals surface area contributed by atoms with Crippen LogP contribution in [0.5, 0.6) is 17.2 Å². The van der Waals surface area contributed by atoms with Crippen LogP contribution < -0.4 is 25.5 Å². The molecule has 0 amide bonds. The third-order valence-corrected chi connectivity index (χ3v) is 6.01. The molecule has 0 radical (unpaired) electrons. The number of esters is 1. The van der Waals surface area contributed by atoms with E-state index in [1.807, 2.05) is 0 Å². The number of methoxy groups -OCH3 is 2. The van der Waals surface area contributed by atoms with Gasteiger partial charge in [0.05, 0.1) is 19.8 Å². The summed E-state index contributed by atoms with van der Waals surface area (Å²) in [5.41, 5.74) is 0.619. The Labute approximate surface area is 224 Å². The van der Waals surface area contributed by atoms with E-state index in [2.05, 4.69) is 18.1 Å². The van der Waals surface area contributed by atoms with E-state index >= 15 is 0 Å². The van der Waals surface area contributed by atoms with Gasteiger partial charge in [-0.1, -0.05) is 36.4 Å². The van der Waals surface area contributed by atoms with Gasteiger partial charge in [0.1, 0.15) is 5.82 Å². The van der Waals surface area contributed by atoms with Crippen LogP contribution >= 0.6 is 0 Å². The molecule has 10 heteroatoms. The summed E-state index contributed by atoms with van der Waals surface area (Å²) in [6.45, 7) is 7.61. The number of carbonyl (C=O) groups is 1. The van der Waals surface area contributed by atoms with Crippen LogP contribution in [0.2, 0.25) is 0 Å². The molecule has 2 aromatic carbocycles. The molecule has 0 fully saturated rings. The largest absolute Gasteiger partial charge is 0.493 e. The van der Waals surface area contributed by atoms with Crippen molar-refractivity contribution in [2.24, 2.45) is 7.05 Å². The number of nitrogens with zero attached hydrogens (tertiary/aromatic N) is 4. The second kappa shape index (κ2) is 11.5. The fraction of sp³-hybridized carbons (Fsp3) is 0.172. The van der Waals surface area contributed by atoms with Crippen molar-refractivity contribution >= 4 is 29.3 Å². The first-order valence-electron chi connectivity index (χ1n) is 12.0. The summed E-state index contributed by atoms with van der Waals surface area (Å²) in [5, 5.41) is 0. The van der Waals surface area contributed by atoms with Gasteiger partial charge in [-0.05, 0) is 35.9 Å². The summed E-state index contributed by atoms with van der Waals surface area (Å²) in [4.78, 5) is 43.2. The van der Waals surface area contributed by atoms with Crippen molar-refractivity contribution in [1.82, 2.24) is 18.7 Å². The summed E-state index contributed by atoms with van der Waals surface area (Å²) in [5.74, 6) is 0.604. The maximum absolute atomic E-state index is 13.1. The van der Waals surface area contributed by atoms with Gasteiger partial charge >= 0.3 is 11.7 Å². The highest BCUT2D eigenvalue weighted by Crippen LogP contribution is 2.39. The Bertz CT molecular complexity index is 1680. The summed E-state index contributed by atoms with van der Waals surface area (Å²) in [7, 11) is 4.62. The molecule has 0 atom stereocenters. The molecular weight excluding hydrogens is 500 g/mol. The molecule has 0 saturated heterocycles. The van der Waals surface area contributed by atoms with E-state index in [0.717, 1.165) is 4.57 Å². The first kappa shape index (κ1) is 26.9. The van der Waals surface area contributed by atoms with Gasteiger partial charge in [0.2, 0.25) is 5.75 Å². The zero-order chi connectivity index (χ0) is 28.1. The number of hydrogen-bond donors (Lipinski definition) is 0. The maximum Gasteiger partial charge on any atom is 0.343 e. The highest BCUT2D eigenvalue weighted by Gasteiger charge is 2.20. The van der Waals surface area contributed by atoms with Crippen molar-refractivity contribution in [1.29, 1.82) is 0 Å². The number of hydrogen-bond acceptors (Lipinski definition) is 7. The Kier molecular flexibility index (Phi) is 7.95. The van der Waals surface area contributed by atoms with E-state index in [0.29, 0.717) is 17.0 Å². The van der Waals surface area contributed by atoms with Crippen LogP contribution in [0.3, 0.4) is 0 Å². The standard InChI is InChI=1S/C29H28N4O6/c1-6-15-32-26-24(27(34)33(16-7-2)29(32)36)31(3)23(30-26)14-13-19-17-21(37-4)25(22(18-19)38-5)39-28(35)20-11-9-8-10-12-20/h6-14,17-18H,1-2,15-16H2,3-5H3. The van der Waals surface area contributed by atoms with Crippen molar-refractivity contribution < 1.29 is 19.0 Å². The Morgan fingerprint density at radius 3 is 2.15 bits per heavy atom. The first-order valence-corrected chi connectivity index (χ1v) is 12.0. The summed E-state index contributed by atoms with van der Waals surface area (Å²) in [6.07, 6.45) is 6.50. The molecule has 0 saturated carbocycles. The third kappa shape index (κ3) is 5.17. The lowest BCUT2D eigenvalue weighted by Crippen LogP contribution is -2.40. The highest BCUT2D eigenvalue weighted by molar-refractivity contribution is 5.92. The Morgan fingerprint density at radius 1 is 0.949 bits per heavy atom. The number of carbonyl (C=O) groups excluding carboxylic acids is 1. The van der Waals surface area contributed by atoms with E-state index in [1.165, 1.54) is 24.9 Å². The number of ether oxygens (including phenoxy) is 3. The number of benzene rings is 2. The molecule has 4 rings (SSSR count). The van der Waals surface area contributed by atoms with Crippen molar-refractivity contribution in [3.63, 3.8) is 0 Å². The fourth-order valence-corrected chi connectivity index (χ4v) is 4.11. The lowest BCUT2D eigenvalue weighted by atomic mass is 10.1. The topological polar surface area (TPSA) is 107 Å². The molecule has 0 aliphatic carbocycles. The molecule has 4 aromatic rings. The van der Waals surface area contributed by atoms with E-state index in [9.17, 15) is 14.4 Å². The zero-order valence-corrected chi connectivity index (χ0v) is 21.9. The van der Waals surface area contributed by atoms with Crippen LogP contribution in [-0.2, 0) is 20.1 Å². The Hall–Kier alpha value is -5.12.